The molecule has 0 fully saturated rings. The summed E-state index contributed by atoms with van der Waals surface area (Å²) in [5.41, 5.74) is -0.188. The molecule has 0 saturated heterocycles. The van der Waals surface area contributed by atoms with E-state index in [1.165, 1.54) is 9.35 Å². The van der Waals surface area contributed by atoms with Crippen LogP contribution in [0.2, 0.25) is 0 Å². The van der Waals surface area contributed by atoms with Gasteiger partial charge in [0.05, 0.1) is 0 Å². The first kappa shape index (κ1) is 12.9. The molecule has 0 saturated carbocycles. The van der Waals surface area contributed by atoms with E-state index in [0.29, 0.717) is 12.2 Å². The molecule has 0 aliphatic carbocycles. The van der Waals surface area contributed by atoms with Crippen molar-refractivity contribution in [3.8, 4) is 0 Å². The third-order valence-corrected chi connectivity index (χ3v) is 4.32. The standard InChI is InChI=1S/C12H17BrOS/c1-12(2,3)11(14)6-4-5-10-9(13)7-8-15-10/h7-8H,4-6H2,1-3H3. The maximum atomic E-state index is 11.7. The molecule has 0 radical (unpaired) electrons. The van der Waals surface area contributed by atoms with E-state index in [0.717, 1.165) is 12.8 Å². The van der Waals surface area contributed by atoms with Crippen LogP contribution in [0.4, 0.5) is 0 Å². The minimum atomic E-state index is -0.188. The van der Waals surface area contributed by atoms with E-state index < -0.39 is 0 Å². The number of rotatable bonds is 4. The lowest BCUT2D eigenvalue weighted by Crippen LogP contribution is -2.19. The van der Waals surface area contributed by atoms with Gasteiger partial charge in [0.1, 0.15) is 5.78 Å². The molecule has 3 heteroatoms. The zero-order chi connectivity index (χ0) is 11.5. The second-order valence-electron chi connectivity index (χ2n) is 4.72. The zero-order valence-corrected chi connectivity index (χ0v) is 11.9. The van der Waals surface area contributed by atoms with Crippen LogP contribution in [-0.4, -0.2) is 5.78 Å². The van der Waals surface area contributed by atoms with E-state index in [9.17, 15) is 4.79 Å². The van der Waals surface area contributed by atoms with E-state index in [1.807, 2.05) is 20.8 Å². The van der Waals surface area contributed by atoms with E-state index >= 15 is 0 Å². The van der Waals surface area contributed by atoms with Crippen LogP contribution in [0.15, 0.2) is 15.9 Å². The first-order valence-corrected chi connectivity index (χ1v) is 6.83. The fraction of sp³-hybridized carbons (Fsp3) is 0.583. The predicted molar refractivity (Wildman–Crippen MR) is 69.4 cm³/mol. The van der Waals surface area contributed by atoms with Gasteiger partial charge in [0, 0.05) is 21.2 Å². The van der Waals surface area contributed by atoms with Gasteiger partial charge in [-0.1, -0.05) is 20.8 Å². The summed E-state index contributed by atoms with van der Waals surface area (Å²) in [6.07, 6.45) is 2.64. The highest BCUT2D eigenvalue weighted by molar-refractivity contribution is 9.10. The highest BCUT2D eigenvalue weighted by atomic mass is 79.9. The molecule has 1 nitrogen and oxygen atoms in total. The summed E-state index contributed by atoms with van der Waals surface area (Å²) >= 11 is 5.25. The Morgan fingerprint density at radius 1 is 1.47 bits per heavy atom. The Labute approximate surface area is 104 Å². The highest BCUT2D eigenvalue weighted by Gasteiger charge is 2.20. The maximum absolute atomic E-state index is 11.7. The van der Waals surface area contributed by atoms with E-state index in [4.69, 9.17) is 0 Å². The molecular formula is C12H17BrOS. The molecule has 0 aliphatic rings. The molecule has 0 N–H and O–H groups in total. The summed E-state index contributed by atoms with van der Waals surface area (Å²) in [6, 6.07) is 2.06. The summed E-state index contributed by atoms with van der Waals surface area (Å²) in [7, 11) is 0. The van der Waals surface area contributed by atoms with Gasteiger partial charge in [-0.25, -0.2) is 0 Å². The molecule has 1 aromatic heterocycles. The monoisotopic (exact) mass is 288 g/mol. The molecule has 1 heterocycles. The Morgan fingerprint density at radius 3 is 2.60 bits per heavy atom. The van der Waals surface area contributed by atoms with Crippen molar-refractivity contribution in [2.45, 2.75) is 40.0 Å². The van der Waals surface area contributed by atoms with Crippen molar-refractivity contribution in [2.75, 3.05) is 0 Å². The molecule has 0 bridgehead atoms. The largest absolute Gasteiger partial charge is 0.299 e. The molecule has 0 aromatic carbocycles. The van der Waals surface area contributed by atoms with Gasteiger partial charge < -0.3 is 0 Å². The predicted octanol–water partition coefficient (Wildman–Crippen LogP) is 4.45. The van der Waals surface area contributed by atoms with E-state index in [1.54, 1.807) is 11.3 Å². The van der Waals surface area contributed by atoms with Crippen molar-refractivity contribution < 1.29 is 4.79 Å². The quantitative estimate of drug-likeness (QED) is 0.800. The van der Waals surface area contributed by atoms with Gasteiger partial charge in [-0.15, -0.1) is 11.3 Å². The lowest BCUT2D eigenvalue weighted by Gasteiger charge is -2.15. The molecule has 0 atom stereocenters. The minimum Gasteiger partial charge on any atom is -0.299 e. The normalized spacial score (nSPS) is 11.7. The van der Waals surface area contributed by atoms with Crippen molar-refractivity contribution in [1.29, 1.82) is 0 Å². The summed E-state index contributed by atoms with van der Waals surface area (Å²) in [6.45, 7) is 5.95. The van der Waals surface area contributed by atoms with Gasteiger partial charge in [-0.2, -0.15) is 0 Å². The number of thiophene rings is 1. The minimum absolute atomic E-state index is 0.188. The summed E-state index contributed by atoms with van der Waals surface area (Å²) < 4.78 is 1.18. The molecule has 84 valence electrons. The average Bonchev–Trinajstić information content (AvgIpc) is 2.50. The number of ketones is 1. The number of halogens is 1. The fourth-order valence-corrected chi connectivity index (χ4v) is 2.88. The average molecular weight is 289 g/mol. The number of carbonyl (C=O) groups excluding carboxylic acids is 1. The van der Waals surface area contributed by atoms with Crippen LogP contribution in [0, 0.1) is 5.41 Å². The van der Waals surface area contributed by atoms with Crippen molar-refractivity contribution in [3.63, 3.8) is 0 Å². The lowest BCUT2D eigenvalue weighted by atomic mass is 9.88. The second-order valence-corrected chi connectivity index (χ2v) is 6.57. The molecule has 1 aromatic rings. The van der Waals surface area contributed by atoms with Crippen LogP contribution >= 0.6 is 27.3 Å². The summed E-state index contributed by atoms with van der Waals surface area (Å²) in [5, 5.41) is 2.07. The van der Waals surface area contributed by atoms with Gasteiger partial charge in [0.15, 0.2) is 0 Å². The van der Waals surface area contributed by atoms with Crippen molar-refractivity contribution in [3.05, 3.63) is 20.8 Å². The first-order valence-electron chi connectivity index (χ1n) is 5.16. The van der Waals surface area contributed by atoms with Crippen molar-refractivity contribution in [1.82, 2.24) is 0 Å². The Balaban J connectivity index is 2.35. The van der Waals surface area contributed by atoms with Crippen LogP contribution in [0.1, 0.15) is 38.5 Å². The molecule has 0 aliphatic heterocycles. The van der Waals surface area contributed by atoms with Crippen LogP contribution in [0.3, 0.4) is 0 Å². The lowest BCUT2D eigenvalue weighted by molar-refractivity contribution is -0.126. The van der Waals surface area contributed by atoms with Crippen molar-refractivity contribution in [2.24, 2.45) is 5.41 Å². The first-order chi connectivity index (χ1) is 6.91. The SMILES string of the molecule is CC(C)(C)C(=O)CCCc1sccc1Br. The van der Waals surface area contributed by atoms with Gasteiger partial charge in [0.2, 0.25) is 0 Å². The summed E-state index contributed by atoms with van der Waals surface area (Å²) in [4.78, 5) is 13.0. The molecule has 1 rings (SSSR count). The Morgan fingerprint density at radius 2 is 2.13 bits per heavy atom. The third-order valence-electron chi connectivity index (χ3n) is 2.34. The van der Waals surface area contributed by atoms with Gasteiger partial charge in [-0.3, -0.25) is 4.79 Å². The number of aryl methyl sites for hydroxylation is 1. The Kier molecular flexibility index (Phi) is 4.53. The smallest absolute Gasteiger partial charge is 0.138 e. The summed E-state index contributed by atoms with van der Waals surface area (Å²) in [5.74, 6) is 0.357. The Bertz CT molecular complexity index is 336. The fourth-order valence-electron chi connectivity index (χ4n) is 1.29. The van der Waals surface area contributed by atoms with E-state index in [2.05, 4.69) is 27.4 Å². The number of hydrogen-bond acceptors (Lipinski definition) is 2. The number of carbonyl (C=O) groups is 1. The third kappa shape index (κ3) is 4.07. The van der Waals surface area contributed by atoms with Crippen LogP contribution in [0.5, 0.6) is 0 Å². The van der Waals surface area contributed by atoms with Crippen LogP contribution in [0.25, 0.3) is 0 Å². The molecular weight excluding hydrogens is 272 g/mol. The molecule has 0 spiro atoms. The topological polar surface area (TPSA) is 17.1 Å². The van der Waals surface area contributed by atoms with Crippen LogP contribution < -0.4 is 0 Å². The number of hydrogen-bond donors (Lipinski definition) is 0. The maximum Gasteiger partial charge on any atom is 0.138 e. The van der Waals surface area contributed by atoms with Gasteiger partial charge >= 0.3 is 0 Å². The zero-order valence-electron chi connectivity index (χ0n) is 9.47. The Hall–Kier alpha value is -0.150. The highest BCUT2D eigenvalue weighted by Crippen LogP contribution is 2.25. The van der Waals surface area contributed by atoms with Gasteiger partial charge in [-0.05, 0) is 40.2 Å². The second kappa shape index (κ2) is 5.26. The van der Waals surface area contributed by atoms with Crippen molar-refractivity contribution >= 4 is 33.0 Å². The van der Waals surface area contributed by atoms with Crippen LogP contribution in [-0.2, 0) is 11.2 Å². The molecule has 0 unspecified atom stereocenters. The van der Waals surface area contributed by atoms with Gasteiger partial charge in [0.25, 0.3) is 0 Å². The number of Topliss-reactive ketones (excluding diaryl/α,β-unsaturated/α-hetero) is 1. The molecule has 15 heavy (non-hydrogen) atoms. The molecule has 0 amide bonds. The van der Waals surface area contributed by atoms with E-state index in [-0.39, 0.29) is 5.41 Å².